The monoisotopic (exact) mass is 783 g/mol. The lowest BCUT2D eigenvalue weighted by molar-refractivity contribution is 0.447. The molecule has 2 aromatic heterocycles. The standard InChI is InChI=1S/C56H37N3S/c1-3-15-37(16-4-1)48-35-49(59-55(58-48)40-17-5-2-6-18-40)38-32-30-36(31-33-38)41-21-12-26-46-52(41)53-42(43-23-11-19-39-20-14-34-57-54(39)43)22-13-27-47(53)56(46)44-24-7-9-28-50(44)60-51-29-10-8-25-45(51)56/h1-35,46,52H. The van der Waals surface area contributed by atoms with Gasteiger partial charge in [0.25, 0.3) is 0 Å². The second kappa shape index (κ2) is 14.0. The van der Waals surface area contributed by atoms with Crippen LogP contribution in [0.1, 0.15) is 33.7 Å². The lowest BCUT2D eigenvalue weighted by atomic mass is 9.62. The summed E-state index contributed by atoms with van der Waals surface area (Å²) in [6.07, 6.45) is 9.09. The summed E-state index contributed by atoms with van der Waals surface area (Å²) >= 11 is 1.90. The molecule has 7 aromatic carbocycles. The minimum absolute atomic E-state index is 0.0728. The molecular weight excluding hydrogens is 747 g/mol. The number of aromatic nitrogens is 3. The lowest BCUT2D eigenvalue weighted by Crippen LogP contribution is -2.38. The second-order valence-electron chi connectivity index (χ2n) is 15.8. The first-order valence-corrected chi connectivity index (χ1v) is 21.4. The Morgan fingerprint density at radius 3 is 1.80 bits per heavy atom. The Balaban J connectivity index is 1.05. The maximum absolute atomic E-state index is 5.15. The molecule has 2 aliphatic carbocycles. The van der Waals surface area contributed by atoms with E-state index >= 15 is 0 Å². The van der Waals surface area contributed by atoms with Gasteiger partial charge in [0.2, 0.25) is 0 Å². The van der Waals surface area contributed by atoms with Crippen molar-refractivity contribution < 1.29 is 0 Å². The number of rotatable bonds is 5. The third-order valence-corrected chi connectivity index (χ3v) is 13.9. The summed E-state index contributed by atoms with van der Waals surface area (Å²) in [5.41, 5.74) is 16.0. The van der Waals surface area contributed by atoms with Crippen molar-refractivity contribution in [1.29, 1.82) is 0 Å². The fraction of sp³-hybridized carbons (Fsp3) is 0.0536. The second-order valence-corrected chi connectivity index (χ2v) is 16.9. The lowest BCUT2D eigenvalue weighted by Gasteiger charge is -2.44. The summed E-state index contributed by atoms with van der Waals surface area (Å²) in [7, 11) is 0. The van der Waals surface area contributed by atoms with Crippen molar-refractivity contribution in [3.63, 3.8) is 0 Å². The van der Waals surface area contributed by atoms with Crippen molar-refractivity contribution >= 4 is 28.2 Å². The summed E-state index contributed by atoms with van der Waals surface area (Å²) in [5.74, 6) is 0.917. The molecule has 282 valence electrons. The number of benzene rings is 7. The van der Waals surface area contributed by atoms with Crippen molar-refractivity contribution in [3.8, 4) is 45.0 Å². The molecule has 0 radical (unpaired) electrons. The minimum Gasteiger partial charge on any atom is -0.256 e. The van der Waals surface area contributed by atoms with Crippen LogP contribution in [0.5, 0.6) is 0 Å². The summed E-state index contributed by atoms with van der Waals surface area (Å²) in [4.78, 5) is 17.8. The fourth-order valence-corrected chi connectivity index (χ4v) is 11.5. The van der Waals surface area contributed by atoms with Gasteiger partial charge >= 0.3 is 0 Å². The zero-order chi connectivity index (χ0) is 39.6. The fourth-order valence-electron chi connectivity index (χ4n) is 10.2. The third kappa shape index (κ3) is 5.34. The zero-order valence-corrected chi connectivity index (χ0v) is 33.4. The van der Waals surface area contributed by atoms with Crippen LogP contribution in [0.2, 0.25) is 0 Å². The number of allylic oxidation sites excluding steroid dienone is 4. The Kier molecular flexibility index (Phi) is 8.14. The van der Waals surface area contributed by atoms with Crippen molar-refractivity contribution in [3.05, 3.63) is 240 Å². The van der Waals surface area contributed by atoms with E-state index in [-0.39, 0.29) is 11.8 Å². The molecule has 0 N–H and O–H groups in total. The van der Waals surface area contributed by atoms with Gasteiger partial charge < -0.3 is 0 Å². The molecule has 2 unspecified atom stereocenters. The Morgan fingerprint density at radius 2 is 1.07 bits per heavy atom. The van der Waals surface area contributed by atoms with E-state index in [0.29, 0.717) is 5.82 Å². The van der Waals surface area contributed by atoms with Gasteiger partial charge in [-0.3, -0.25) is 4.98 Å². The first-order valence-electron chi connectivity index (χ1n) is 20.6. The summed E-state index contributed by atoms with van der Waals surface area (Å²) in [6, 6.07) is 67.9. The van der Waals surface area contributed by atoms with E-state index < -0.39 is 5.41 Å². The Labute approximate surface area is 353 Å². The van der Waals surface area contributed by atoms with Gasteiger partial charge in [0.05, 0.1) is 22.3 Å². The smallest absolute Gasteiger partial charge is 0.160 e. The normalized spacial score (nSPS) is 16.8. The average molecular weight is 784 g/mol. The number of hydrogen-bond donors (Lipinski definition) is 0. The molecule has 0 saturated carbocycles. The molecule has 0 bridgehead atoms. The van der Waals surface area contributed by atoms with Gasteiger partial charge in [-0.2, -0.15) is 0 Å². The van der Waals surface area contributed by atoms with Crippen molar-refractivity contribution in [2.24, 2.45) is 5.92 Å². The van der Waals surface area contributed by atoms with Gasteiger partial charge in [0.1, 0.15) is 0 Å². The van der Waals surface area contributed by atoms with Crippen molar-refractivity contribution in [1.82, 2.24) is 15.0 Å². The van der Waals surface area contributed by atoms with Crippen LogP contribution < -0.4 is 0 Å². The third-order valence-electron chi connectivity index (χ3n) is 12.7. The molecular formula is C56H37N3S. The summed E-state index contributed by atoms with van der Waals surface area (Å²) in [5, 5.41) is 1.15. The topological polar surface area (TPSA) is 38.7 Å². The molecule has 3 heterocycles. The molecule has 0 fully saturated rings. The van der Waals surface area contributed by atoms with Crippen LogP contribution in [0.15, 0.2) is 222 Å². The highest BCUT2D eigenvalue weighted by Crippen LogP contribution is 2.67. The number of nitrogens with zero attached hydrogens (tertiary/aromatic N) is 3. The zero-order valence-electron chi connectivity index (χ0n) is 32.6. The summed E-state index contributed by atoms with van der Waals surface area (Å²) < 4.78 is 0. The van der Waals surface area contributed by atoms with E-state index in [2.05, 4.69) is 176 Å². The van der Waals surface area contributed by atoms with Gasteiger partial charge in [-0.25, -0.2) is 9.97 Å². The van der Waals surface area contributed by atoms with E-state index in [1.807, 2.05) is 48.3 Å². The minimum atomic E-state index is -0.398. The van der Waals surface area contributed by atoms with Crippen molar-refractivity contribution in [2.45, 2.75) is 21.1 Å². The van der Waals surface area contributed by atoms with Gasteiger partial charge in [-0.1, -0.05) is 194 Å². The highest BCUT2D eigenvalue weighted by atomic mass is 32.2. The van der Waals surface area contributed by atoms with E-state index in [1.54, 1.807) is 0 Å². The largest absolute Gasteiger partial charge is 0.256 e. The molecule has 1 aliphatic heterocycles. The SMILES string of the molecule is C1=CC2C(C(c3ccc(-c4cc(-c5ccccc5)nc(-c5ccccc5)n4)cc3)=C1)c1c(-c3cccc4cccnc34)cccc1C21c2ccccc2Sc2ccccc21. The Morgan fingerprint density at radius 1 is 0.483 bits per heavy atom. The first kappa shape index (κ1) is 34.9. The number of para-hydroxylation sites is 1. The molecule has 9 aromatic rings. The molecule has 0 saturated heterocycles. The summed E-state index contributed by atoms with van der Waals surface area (Å²) in [6.45, 7) is 0. The molecule has 12 rings (SSSR count). The van der Waals surface area contributed by atoms with Crippen molar-refractivity contribution in [2.75, 3.05) is 0 Å². The van der Waals surface area contributed by atoms with E-state index in [0.717, 1.165) is 39.0 Å². The van der Waals surface area contributed by atoms with E-state index in [4.69, 9.17) is 15.0 Å². The Hall–Kier alpha value is -7.14. The van der Waals surface area contributed by atoms with Crippen LogP contribution in [0.4, 0.5) is 0 Å². The predicted molar refractivity (Wildman–Crippen MR) is 246 cm³/mol. The highest BCUT2D eigenvalue weighted by Gasteiger charge is 2.58. The number of fused-ring (bicyclic) bond motifs is 10. The van der Waals surface area contributed by atoms with Crippen LogP contribution in [-0.4, -0.2) is 15.0 Å². The molecule has 2 atom stereocenters. The van der Waals surface area contributed by atoms with Crippen LogP contribution in [0.3, 0.4) is 0 Å². The molecule has 3 aliphatic rings. The van der Waals surface area contributed by atoms with E-state index in [1.165, 1.54) is 54.3 Å². The molecule has 3 nitrogen and oxygen atoms in total. The predicted octanol–water partition coefficient (Wildman–Crippen LogP) is 13.9. The number of pyridine rings is 1. The molecule has 60 heavy (non-hydrogen) atoms. The van der Waals surface area contributed by atoms with Crippen LogP contribution >= 0.6 is 11.8 Å². The Bertz CT molecular complexity index is 3080. The van der Waals surface area contributed by atoms with Crippen LogP contribution in [0, 0.1) is 5.92 Å². The molecule has 0 amide bonds. The van der Waals surface area contributed by atoms with Gasteiger partial charge in [0, 0.05) is 55.5 Å². The van der Waals surface area contributed by atoms with Gasteiger partial charge in [-0.15, -0.1) is 0 Å². The first-order chi connectivity index (χ1) is 29.8. The molecule has 4 heteroatoms. The quantitative estimate of drug-likeness (QED) is 0.174. The van der Waals surface area contributed by atoms with Gasteiger partial charge in [-0.05, 0) is 63.2 Å². The van der Waals surface area contributed by atoms with E-state index in [9.17, 15) is 0 Å². The number of hydrogen-bond acceptors (Lipinski definition) is 4. The maximum atomic E-state index is 5.15. The maximum Gasteiger partial charge on any atom is 0.160 e. The average Bonchev–Trinajstić information content (AvgIpc) is 3.63. The van der Waals surface area contributed by atoms with Crippen LogP contribution in [0.25, 0.3) is 61.5 Å². The van der Waals surface area contributed by atoms with Crippen LogP contribution in [-0.2, 0) is 5.41 Å². The molecule has 1 spiro atoms. The van der Waals surface area contributed by atoms with Gasteiger partial charge in [0.15, 0.2) is 5.82 Å². The highest BCUT2D eigenvalue weighted by molar-refractivity contribution is 7.99.